The van der Waals surface area contributed by atoms with Gasteiger partial charge < -0.3 is 4.74 Å². The second-order valence-corrected chi connectivity index (χ2v) is 8.77. The fraction of sp³-hybridized carbons (Fsp3) is 0.440. The lowest BCUT2D eigenvalue weighted by Crippen LogP contribution is -2.46. The molecule has 0 unspecified atom stereocenters. The summed E-state index contributed by atoms with van der Waals surface area (Å²) in [5.74, 6) is 0.576. The zero-order valence-electron chi connectivity index (χ0n) is 18.8. The Labute approximate surface area is 195 Å². The number of rotatable bonds is 6. The largest absolute Gasteiger partial charge is 0.494 e. The van der Waals surface area contributed by atoms with Crippen LogP contribution in [0.25, 0.3) is 0 Å². The number of hydrogen-bond acceptors (Lipinski definition) is 5. The number of anilines is 1. The Morgan fingerprint density at radius 2 is 1.78 bits per heavy atom. The molecule has 2 aromatic rings. The van der Waals surface area contributed by atoms with Gasteiger partial charge in [-0.3, -0.25) is 15.2 Å². The number of halogens is 1. The highest BCUT2D eigenvalue weighted by Gasteiger charge is 2.40. The number of hydrazone groups is 1. The molecule has 1 amide bonds. The molecule has 2 atom stereocenters. The van der Waals surface area contributed by atoms with E-state index in [0.29, 0.717) is 17.3 Å². The smallest absolute Gasteiger partial charge is 0.282 e. The Balaban J connectivity index is 1.63. The van der Waals surface area contributed by atoms with Crippen LogP contribution in [0.1, 0.15) is 51.1 Å². The number of para-hydroxylation sites is 1. The predicted molar refractivity (Wildman–Crippen MR) is 129 cm³/mol. The molecular formula is C25H31ClN4O2. The average Bonchev–Trinajstić information content (AvgIpc) is 2.95. The summed E-state index contributed by atoms with van der Waals surface area (Å²) in [6, 6.07) is 15.5. The normalized spacial score (nSPS) is 21.7. The molecule has 0 saturated carbocycles. The molecule has 2 aliphatic heterocycles. The van der Waals surface area contributed by atoms with Crippen molar-refractivity contribution in [3.8, 4) is 5.75 Å². The topological polar surface area (TPSA) is 57.2 Å². The van der Waals surface area contributed by atoms with Crippen molar-refractivity contribution >= 4 is 28.9 Å². The van der Waals surface area contributed by atoms with E-state index in [2.05, 4.69) is 12.3 Å². The molecule has 7 heteroatoms. The van der Waals surface area contributed by atoms with E-state index in [9.17, 15) is 4.79 Å². The van der Waals surface area contributed by atoms with Crippen molar-refractivity contribution in [2.45, 2.75) is 45.6 Å². The van der Waals surface area contributed by atoms with E-state index < -0.39 is 0 Å². The minimum absolute atomic E-state index is 0.115. The summed E-state index contributed by atoms with van der Waals surface area (Å²) in [7, 11) is 0. The van der Waals surface area contributed by atoms with Crippen LogP contribution in [0.15, 0.2) is 53.6 Å². The molecule has 1 fully saturated rings. The van der Waals surface area contributed by atoms with Gasteiger partial charge in [0.1, 0.15) is 11.5 Å². The van der Waals surface area contributed by atoms with Crippen LogP contribution in [0.2, 0.25) is 5.02 Å². The van der Waals surface area contributed by atoms with Gasteiger partial charge in [0.15, 0.2) is 0 Å². The first-order valence-electron chi connectivity index (χ1n) is 11.5. The van der Waals surface area contributed by atoms with E-state index in [1.807, 2.05) is 65.5 Å². The Morgan fingerprint density at radius 3 is 2.44 bits per heavy atom. The van der Waals surface area contributed by atoms with E-state index in [1.165, 1.54) is 12.8 Å². The maximum atomic E-state index is 13.3. The molecule has 1 N–H and O–H groups in total. The number of hydrazine groups is 1. The van der Waals surface area contributed by atoms with Gasteiger partial charge in [0.05, 0.1) is 23.4 Å². The monoisotopic (exact) mass is 454 g/mol. The molecule has 170 valence electrons. The summed E-state index contributed by atoms with van der Waals surface area (Å²) in [5.41, 5.74) is 5.47. The minimum atomic E-state index is -0.143. The molecule has 1 saturated heterocycles. The molecule has 0 spiro atoms. The van der Waals surface area contributed by atoms with Gasteiger partial charge in [0.2, 0.25) is 0 Å². The molecule has 2 aromatic carbocycles. The number of carbonyl (C=O) groups is 1. The highest BCUT2D eigenvalue weighted by atomic mass is 35.5. The Morgan fingerprint density at radius 1 is 1.09 bits per heavy atom. The van der Waals surface area contributed by atoms with Crippen LogP contribution in [-0.2, 0) is 4.79 Å². The van der Waals surface area contributed by atoms with Gasteiger partial charge in [0.25, 0.3) is 5.91 Å². The quantitative estimate of drug-likeness (QED) is 0.651. The van der Waals surface area contributed by atoms with Crippen LogP contribution in [0, 0.1) is 5.92 Å². The Hall–Kier alpha value is -2.57. The van der Waals surface area contributed by atoms with E-state index in [0.717, 1.165) is 42.9 Å². The van der Waals surface area contributed by atoms with Crippen molar-refractivity contribution in [2.75, 3.05) is 24.7 Å². The number of benzene rings is 2. The molecular weight excluding hydrogens is 424 g/mol. The predicted octanol–water partition coefficient (Wildman–Crippen LogP) is 5.20. The van der Waals surface area contributed by atoms with Crippen molar-refractivity contribution in [1.29, 1.82) is 0 Å². The number of nitrogens with one attached hydrogen (secondary N) is 1. The minimum Gasteiger partial charge on any atom is -0.494 e. The van der Waals surface area contributed by atoms with Crippen LogP contribution in [0.5, 0.6) is 5.75 Å². The maximum Gasteiger partial charge on any atom is 0.282 e. The molecule has 6 nitrogen and oxygen atoms in total. The maximum absolute atomic E-state index is 13.3. The van der Waals surface area contributed by atoms with Crippen LogP contribution in [0.4, 0.5) is 5.69 Å². The van der Waals surface area contributed by atoms with E-state index in [4.69, 9.17) is 21.4 Å². The lowest BCUT2D eigenvalue weighted by Gasteiger charge is -2.27. The van der Waals surface area contributed by atoms with Gasteiger partial charge in [-0.05, 0) is 49.6 Å². The summed E-state index contributed by atoms with van der Waals surface area (Å²) >= 11 is 6.53. The molecule has 2 aliphatic rings. The molecule has 4 rings (SSSR count). The number of carbonyl (C=O) groups excluding carboxylic acids is 1. The molecule has 32 heavy (non-hydrogen) atoms. The second kappa shape index (κ2) is 10.4. The van der Waals surface area contributed by atoms with E-state index >= 15 is 0 Å². The van der Waals surface area contributed by atoms with Crippen LogP contribution >= 0.6 is 11.6 Å². The fourth-order valence-corrected chi connectivity index (χ4v) is 4.69. The van der Waals surface area contributed by atoms with Gasteiger partial charge in [-0.1, -0.05) is 55.6 Å². The Bertz CT molecular complexity index is 955. The molecule has 0 aliphatic carbocycles. The van der Waals surface area contributed by atoms with Crippen molar-refractivity contribution in [3.63, 3.8) is 0 Å². The van der Waals surface area contributed by atoms with Crippen molar-refractivity contribution in [1.82, 2.24) is 10.4 Å². The van der Waals surface area contributed by atoms with Crippen LogP contribution in [0.3, 0.4) is 0 Å². The third kappa shape index (κ3) is 4.92. The fourth-order valence-electron chi connectivity index (χ4n) is 4.47. The summed E-state index contributed by atoms with van der Waals surface area (Å²) in [5, 5.41) is 9.33. The third-order valence-electron chi connectivity index (χ3n) is 6.11. The number of ether oxygens (including phenoxy) is 1. The van der Waals surface area contributed by atoms with Gasteiger partial charge >= 0.3 is 0 Å². The van der Waals surface area contributed by atoms with Gasteiger partial charge in [-0.2, -0.15) is 5.10 Å². The lowest BCUT2D eigenvalue weighted by molar-refractivity contribution is -0.119. The zero-order valence-corrected chi connectivity index (χ0v) is 19.5. The second-order valence-electron chi connectivity index (χ2n) is 8.36. The zero-order chi connectivity index (χ0) is 22.5. The summed E-state index contributed by atoms with van der Waals surface area (Å²) in [6.45, 7) is 6.40. The standard InChI is InChI=1S/C25H31ClN4O2/c1-3-32-20-14-12-19(13-15-20)24-18(2)23(25(31)28-29-16-8-4-5-9-17-29)27-30(24)22-11-7-6-10-21(22)26/h6-7,10-15,18,24H,3-5,8-9,16-17H2,1-2H3,(H,28,31)/t18-,24+/m0/s1. The first-order valence-corrected chi connectivity index (χ1v) is 11.9. The third-order valence-corrected chi connectivity index (χ3v) is 6.43. The molecule has 0 bridgehead atoms. The summed E-state index contributed by atoms with van der Waals surface area (Å²) in [6.07, 6.45) is 4.62. The van der Waals surface area contributed by atoms with Crippen LogP contribution in [-0.4, -0.2) is 36.3 Å². The highest BCUT2D eigenvalue weighted by molar-refractivity contribution is 6.40. The van der Waals surface area contributed by atoms with Gasteiger partial charge in [-0.15, -0.1) is 0 Å². The van der Waals surface area contributed by atoms with E-state index in [1.54, 1.807) is 0 Å². The van der Waals surface area contributed by atoms with Crippen molar-refractivity contribution in [2.24, 2.45) is 11.0 Å². The van der Waals surface area contributed by atoms with E-state index in [-0.39, 0.29) is 17.9 Å². The molecule has 2 heterocycles. The summed E-state index contributed by atoms with van der Waals surface area (Å²) in [4.78, 5) is 13.3. The van der Waals surface area contributed by atoms with Crippen LogP contribution < -0.4 is 15.2 Å². The van der Waals surface area contributed by atoms with Gasteiger partial charge in [-0.25, -0.2) is 5.01 Å². The Kier molecular flexibility index (Phi) is 7.33. The average molecular weight is 455 g/mol. The van der Waals surface area contributed by atoms with Crippen molar-refractivity contribution < 1.29 is 9.53 Å². The molecule has 0 aromatic heterocycles. The SMILES string of the molecule is CCOc1ccc([C@H]2[C@@H](C)C(C(=O)NN3CCCCCC3)=NN2c2ccccc2Cl)cc1. The van der Waals surface area contributed by atoms with Crippen molar-refractivity contribution in [3.05, 3.63) is 59.1 Å². The van der Waals surface area contributed by atoms with Gasteiger partial charge in [0, 0.05) is 19.0 Å². The lowest BCUT2D eigenvalue weighted by atomic mass is 9.91. The number of amides is 1. The first-order chi connectivity index (χ1) is 15.6. The summed E-state index contributed by atoms with van der Waals surface area (Å²) < 4.78 is 5.60. The number of nitrogens with zero attached hydrogens (tertiary/aromatic N) is 3. The number of hydrogen-bond donors (Lipinski definition) is 1. The highest BCUT2D eigenvalue weighted by Crippen LogP contribution is 2.42. The molecule has 0 radical (unpaired) electrons. The first kappa shape index (κ1) is 22.6.